The van der Waals surface area contributed by atoms with Gasteiger partial charge in [-0.2, -0.15) is 5.10 Å². The summed E-state index contributed by atoms with van der Waals surface area (Å²) in [4.78, 5) is 32.0. The molecule has 0 unspecified atom stereocenters. The van der Waals surface area contributed by atoms with Gasteiger partial charge in [-0.25, -0.2) is 4.39 Å². The summed E-state index contributed by atoms with van der Waals surface area (Å²) in [5.41, 5.74) is 2.36. The summed E-state index contributed by atoms with van der Waals surface area (Å²) in [6.07, 6.45) is 2.91. The maximum absolute atomic E-state index is 13.5. The summed E-state index contributed by atoms with van der Waals surface area (Å²) >= 11 is 0. The van der Waals surface area contributed by atoms with Crippen LogP contribution in [0, 0.1) is 18.7 Å². The molecule has 3 heterocycles. The molecule has 2 aliphatic heterocycles. The number of nitrogens with zero attached hydrogens (tertiary/aromatic N) is 5. The van der Waals surface area contributed by atoms with E-state index in [-0.39, 0.29) is 29.6 Å². The molecule has 7 nitrogen and oxygen atoms in total. The van der Waals surface area contributed by atoms with Crippen LogP contribution in [0.3, 0.4) is 0 Å². The van der Waals surface area contributed by atoms with Gasteiger partial charge in [0.05, 0.1) is 17.7 Å². The predicted molar refractivity (Wildman–Crippen MR) is 112 cm³/mol. The van der Waals surface area contributed by atoms with Crippen molar-refractivity contribution in [2.75, 3.05) is 38.1 Å². The molecule has 2 aromatic rings. The zero-order chi connectivity index (χ0) is 21.4. The number of hydrogen-bond donors (Lipinski definition) is 0. The van der Waals surface area contributed by atoms with Crippen molar-refractivity contribution in [1.82, 2.24) is 19.6 Å². The van der Waals surface area contributed by atoms with Crippen LogP contribution in [0.2, 0.25) is 0 Å². The zero-order valence-corrected chi connectivity index (χ0v) is 17.7. The number of rotatable bonds is 2. The number of likely N-dealkylation sites (tertiary alicyclic amines) is 1. The highest BCUT2D eigenvalue weighted by Gasteiger charge is 2.40. The van der Waals surface area contributed by atoms with E-state index in [0.29, 0.717) is 44.6 Å². The van der Waals surface area contributed by atoms with E-state index in [4.69, 9.17) is 0 Å². The minimum Gasteiger partial charge on any atom is -0.366 e. The summed E-state index contributed by atoms with van der Waals surface area (Å²) in [6, 6.07) is 6.43. The molecule has 4 rings (SSSR count). The number of aryl methyl sites for hydroxylation is 1. The third-order valence-electron chi connectivity index (χ3n) is 6.55. The molecule has 2 fully saturated rings. The van der Waals surface area contributed by atoms with Crippen LogP contribution in [0.4, 0.5) is 10.1 Å². The quantitative estimate of drug-likeness (QED) is 0.756. The van der Waals surface area contributed by atoms with E-state index in [1.54, 1.807) is 27.9 Å². The second-order valence-electron chi connectivity index (χ2n) is 8.24. The van der Waals surface area contributed by atoms with E-state index < -0.39 is 0 Å². The Bertz CT molecular complexity index is 942. The molecule has 2 amide bonds. The van der Waals surface area contributed by atoms with Crippen LogP contribution in [-0.2, 0) is 11.8 Å². The molecule has 0 N–H and O–H groups in total. The normalized spacial score (nSPS) is 22.5. The third-order valence-corrected chi connectivity index (χ3v) is 6.55. The Balaban J connectivity index is 1.61. The highest BCUT2D eigenvalue weighted by Crippen LogP contribution is 2.31. The number of anilines is 1. The third kappa shape index (κ3) is 3.66. The highest BCUT2D eigenvalue weighted by atomic mass is 19.1. The first-order valence-electron chi connectivity index (χ1n) is 10.4. The average molecular weight is 413 g/mol. The monoisotopic (exact) mass is 413 g/mol. The molecule has 1 aromatic carbocycles. The van der Waals surface area contributed by atoms with E-state index >= 15 is 0 Å². The van der Waals surface area contributed by atoms with Gasteiger partial charge in [0, 0.05) is 57.7 Å². The first kappa shape index (κ1) is 20.4. The van der Waals surface area contributed by atoms with Crippen LogP contribution in [0.15, 0.2) is 30.5 Å². The van der Waals surface area contributed by atoms with Crippen LogP contribution in [-0.4, -0.2) is 70.7 Å². The lowest BCUT2D eigenvalue weighted by atomic mass is 9.92. The smallest absolute Gasteiger partial charge is 0.257 e. The lowest BCUT2D eigenvalue weighted by Crippen LogP contribution is -2.43. The first-order valence-corrected chi connectivity index (χ1v) is 10.4. The van der Waals surface area contributed by atoms with Crippen LogP contribution in [0.25, 0.3) is 0 Å². The van der Waals surface area contributed by atoms with Gasteiger partial charge in [-0.1, -0.05) is 0 Å². The summed E-state index contributed by atoms with van der Waals surface area (Å²) in [6.45, 7) is 4.30. The van der Waals surface area contributed by atoms with Gasteiger partial charge in [-0.05, 0) is 44.0 Å². The van der Waals surface area contributed by atoms with Crippen LogP contribution < -0.4 is 4.90 Å². The SMILES string of the molecule is Cc1c(C(=O)N2CC[C@H]3C(=O)N(C)CCN(c4ccc(F)cc4)[C@H]3CC2)cnn1C. The molecule has 8 heteroatoms. The molecule has 2 atom stereocenters. The van der Waals surface area contributed by atoms with Crippen LogP contribution in [0.1, 0.15) is 28.9 Å². The van der Waals surface area contributed by atoms with E-state index in [2.05, 4.69) is 10.00 Å². The number of fused-ring (bicyclic) bond motifs is 1. The fourth-order valence-electron chi connectivity index (χ4n) is 4.60. The fourth-order valence-corrected chi connectivity index (χ4v) is 4.60. The van der Waals surface area contributed by atoms with E-state index in [9.17, 15) is 14.0 Å². The van der Waals surface area contributed by atoms with E-state index in [1.165, 1.54) is 12.1 Å². The molecule has 2 saturated heterocycles. The Morgan fingerprint density at radius 1 is 1.07 bits per heavy atom. The Kier molecular flexibility index (Phi) is 5.49. The number of benzene rings is 1. The molecule has 0 spiro atoms. The fraction of sp³-hybridized carbons (Fsp3) is 0.500. The van der Waals surface area contributed by atoms with Gasteiger partial charge in [0.2, 0.25) is 5.91 Å². The number of halogens is 1. The number of aromatic nitrogens is 2. The van der Waals surface area contributed by atoms with Crippen molar-refractivity contribution in [3.8, 4) is 0 Å². The van der Waals surface area contributed by atoms with Gasteiger partial charge >= 0.3 is 0 Å². The molecule has 160 valence electrons. The molecular formula is C22H28FN5O2. The first-order chi connectivity index (χ1) is 14.4. The summed E-state index contributed by atoms with van der Waals surface area (Å²) < 4.78 is 15.2. The number of hydrogen-bond acceptors (Lipinski definition) is 4. The predicted octanol–water partition coefficient (Wildman–Crippen LogP) is 2.07. The van der Waals surface area contributed by atoms with Crippen molar-refractivity contribution in [1.29, 1.82) is 0 Å². The number of amides is 2. The Hall–Kier alpha value is -2.90. The summed E-state index contributed by atoms with van der Waals surface area (Å²) in [7, 11) is 3.65. The maximum Gasteiger partial charge on any atom is 0.257 e. The maximum atomic E-state index is 13.5. The Labute approximate surface area is 176 Å². The zero-order valence-electron chi connectivity index (χ0n) is 17.7. The Morgan fingerprint density at radius 2 is 1.77 bits per heavy atom. The van der Waals surface area contributed by atoms with Gasteiger partial charge in [-0.15, -0.1) is 0 Å². The van der Waals surface area contributed by atoms with E-state index in [1.807, 2.05) is 25.9 Å². The van der Waals surface area contributed by atoms with Crippen molar-refractivity contribution in [2.24, 2.45) is 13.0 Å². The van der Waals surface area contributed by atoms with Gasteiger partial charge in [0.15, 0.2) is 0 Å². The minimum absolute atomic E-state index is 0.0271. The van der Waals surface area contributed by atoms with Crippen LogP contribution >= 0.6 is 0 Å². The molecule has 0 aliphatic carbocycles. The van der Waals surface area contributed by atoms with E-state index in [0.717, 1.165) is 11.4 Å². The van der Waals surface area contributed by atoms with Crippen molar-refractivity contribution in [2.45, 2.75) is 25.8 Å². The van der Waals surface area contributed by atoms with Gasteiger partial charge in [-0.3, -0.25) is 14.3 Å². The number of carbonyl (C=O) groups excluding carboxylic acids is 2. The van der Waals surface area contributed by atoms with Crippen molar-refractivity contribution in [3.63, 3.8) is 0 Å². The molecule has 0 bridgehead atoms. The molecular weight excluding hydrogens is 385 g/mol. The summed E-state index contributed by atoms with van der Waals surface area (Å²) in [5, 5.41) is 4.19. The lowest BCUT2D eigenvalue weighted by molar-refractivity contribution is -0.134. The van der Waals surface area contributed by atoms with Crippen molar-refractivity contribution >= 4 is 17.5 Å². The molecule has 0 radical (unpaired) electrons. The summed E-state index contributed by atoms with van der Waals surface area (Å²) in [5.74, 6) is -0.388. The Morgan fingerprint density at radius 3 is 2.43 bits per heavy atom. The lowest BCUT2D eigenvalue weighted by Gasteiger charge is -2.34. The largest absolute Gasteiger partial charge is 0.366 e. The average Bonchev–Trinajstić information content (AvgIpc) is 2.90. The highest BCUT2D eigenvalue weighted by molar-refractivity contribution is 5.95. The van der Waals surface area contributed by atoms with Gasteiger partial charge in [0.1, 0.15) is 5.82 Å². The second kappa shape index (κ2) is 8.08. The van der Waals surface area contributed by atoms with Crippen LogP contribution in [0.5, 0.6) is 0 Å². The molecule has 1 aromatic heterocycles. The number of carbonyl (C=O) groups is 2. The standard InChI is InChI=1S/C22H28FN5O2/c1-15-19(14-24-26(15)3)22(30)27-10-8-18-20(9-11-27)28(13-12-25(2)21(18)29)17-6-4-16(23)5-7-17/h4-7,14,18,20H,8-13H2,1-3H3/t18-,20+/m1/s1. The topological polar surface area (TPSA) is 61.7 Å². The second-order valence-corrected chi connectivity index (χ2v) is 8.24. The van der Waals surface area contributed by atoms with Crippen molar-refractivity contribution in [3.05, 3.63) is 47.5 Å². The molecule has 2 aliphatic rings. The van der Waals surface area contributed by atoms with Crippen molar-refractivity contribution < 1.29 is 14.0 Å². The molecule has 30 heavy (non-hydrogen) atoms. The minimum atomic E-state index is -0.275. The van der Waals surface area contributed by atoms with Gasteiger partial charge < -0.3 is 14.7 Å². The van der Waals surface area contributed by atoms with Gasteiger partial charge in [0.25, 0.3) is 5.91 Å². The number of likely N-dealkylation sites (N-methyl/N-ethyl adjacent to an activating group) is 1. The molecule has 0 saturated carbocycles.